The zero-order valence-corrected chi connectivity index (χ0v) is 10.3. The van der Waals surface area contributed by atoms with Gasteiger partial charge in [-0.25, -0.2) is 8.42 Å². The Morgan fingerprint density at radius 3 is 2.24 bits per heavy atom. The molecule has 0 bridgehead atoms. The summed E-state index contributed by atoms with van der Waals surface area (Å²) in [5, 5.41) is 0. The lowest BCUT2D eigenvalue weighted by atomic mass is 10.3. The molecule has 0 unspecified atom stereocenters. The van der Waals surface area contributed by atoms with Crippen molar-refractivity contribution in [1.82, 2.24) is 4.57 Å². The van der Waals surface area contributed by atoms with E-state index in [-0.39, 0.29) is 5.75 Å². The van der Waals surface area contributed by atoms with Crippen LogP contribution in [0.1, 0.15) is 6.92 Å². The van der Waals surface area contributed by atoms with Crippen LogP contribution >= 0.6 is 0 Å². The Hall–Kier alpha value is -1.75. The summed E-state index contributed by atoms with van der Waals surface area (Å²) in [7, 11) is -3.20. The quantitative estimate of drug-likeness (QED) is 0.904. The first-order chi connectivity index (χ1) is 8.11. The number of hydrogen-bond acceptors (Lipinski definition) is 2. The van der Waals surface area contributed by atoms with Gasteiger partial charge in [0.15, 0.2) is 0 Å². The first-order valence-electron chi connectivity index (χ1n) is 5.34. The molecule has 0 fully saturated rings. The molecule has 0 aliphatic heterocycles. The summed E-state index contributed by atoms with van der Waals surface area (Å²) >= 11 is 0. The molecule has 1 aromatic carbocycles. The lowest BCUT2D eigenvalue weighted by molar-refractivity contribution is 0.602. The van der Waals surface area contributed by atoms with Crippen molar-refractivity contribution in [3.05, 3.63) is 48.8 Å². The van der Waals surface area contributed by atoms with Crippen molar-refractivity contribution in [3.8, 4) is 5.69 Å². The Bertz CT molecular complexity index is 571. The fourth-order valence-corrected chi connectivity index (χ4v) is 2.10. The third-order valence-electron chi connectivity index (χ3n) is 2.42. The molecule has 0 aliphatic carbocycles. The van der Waals surface area contributed by atoms with Crippen molar-refractivity contribution in [2.45, 2.75) is 6.92 Å². The number of benzene rings is 1. The van der Waals surface area contributed by atoms with E-state index in [1.807, 2.05) is 41.2 Å². The number of anilines is 1. The van der Waals surface area contributed by atoms with Crippen LogP contribution in [0.2, 0.25) is 0 Å². The maximum atomic E-state index is 11.4. The van der Waals surface area contributed by atoms with Crippen LogP contribution in [0, 0.1) is 0 Å². The highest BCUT2D eigenvalue weighted by molar-refractivity contribution is 7.92. The molecule has 0 aliphatic rings. The number of rotatable bonds is 4. The fraction of sp³-hybridized carbons (Fsp3) is 0.167. The monoisotopic (exact) mass is 250 g/mol. The Morgan fingerprint density at radius 1 is 1.12 bits per heavy atom. The zero-order chi connectivity index (χ0) is 12.3. The van der Waals surface area contributed by atoms with Gasteiger partial charge < -0.3 is 4.57 Å². The minimum absolute atomic E-state index is 0.0757. The Kier molecular flexibility index (Phi) is 3.19. The summed E-state index contributed by atoms with van der Waals surface area (Å²) in [4.78, 5) is 0. The van der Waals surface area contributed by atoms with E-state index in [1.165, 1.54) is 0 Å². The first-order valence-corrected chi connectivity index (χ1v) is 7.00. The van der Waals surface area contributed by atoms with Gasteiger partial charge in [-0.05, 0) is 43.3 Å². The summed E-state index contributed by atoms with van der Waals surface area (Å²) in [6.45, 7) is 1.61. The van der Waals surface area contributed by atoms with Crippen molar-refractivity contribution in [2.24, 2.45) is 0 Å². The molecule has 1 N–H and O–H groups in total. The fourth-order valence-electron chi connectivity index (χ4n) is 1.46. The molecule has 90 valence electrons. The summed E-state index contributed by atoms with van der Waals surface area (Å²) < 4.78 is 27.2. The molecule has 0 spiro atoms. The zero-order valence-electron chi connectivity index (χ0n) is 9.50. The standard InChI is InChI=1S/C12H14N2O2S/c1-2-17(15,16)13-11-5-7-12(8-6-11)14-9-3-4-10-14/h3-10,13H,2H2,1H3. The molecule has 0 amide bonds. The molecular formula is C12H14N2O2S. The highest BCUT2D eigenvalue weighted by Crippen LogP contribution is 2.14. The Labute approximate surface area is 101 Å². The Morgan fingerprint density at radius 2 is 1.71 bits per heavy atom. The minimum atomic E-state index is -3.20. The van der Waals surface area contributed by atoms with Gasteiger partial charge in [0.05, 0.1) is 5.75 Å². The van der Waals surface area contributed by atoms with Gasteiger partial charge in [-0.2, -0.15) is 0 Å². The number of hydrogen-bond donors (Lipinski definition) is 1. The second kappa shape index (κ2) is 4.63. The molecule has 17 heavy (non-hydrogen) atoms. The van der Waals surface area contributed by atoms with Gasteiger partial charge in [0, 0.05) is 23.8 Å². The molecule has 4 nitrogen and oxygen atoms in total. The van der Waals surface area contributed by atoms with E-state index in [0.717, 1.165) is 5.69 Å². The van der Waals surface area contributed by atoms with Gasteiger partial charge in [0.1, 0.15) is 0 Å². The molecule has 0 radical (unpaired) electrons. The average molecular weight is 250 g/mol. The van der Waals surface area contributed by atoms with Crippen LogP contribution in [-0.2, 0) is 10.0 Å². The normalized spacial score (nSPS) is 11.4. The SMILES string of the molecule is CCS(=O)(=O)Nc1ccc(-n2cccc2)cc1. The maximum absolute atomic E-state index is 11.4. The average Bonchev–Trinajstić information content (AvgIpc) is 2.83. The van der Waals surface area contributed by atoms with Crippen molar-refractivity contribution < 1.29 is 8.42 Å². The summed E-state index contributed by atoms with van der Waals surface area (Å²) in [6, 6.07) is 11.1. The molecule has 2 aromatic rings. The third-order valence-corrected chi connectivity index (χ3v) is 3.73. The van der Waals surface area contributed by atoms with E-state index in [2.05, 4.69) is 4.72 Å². The second-order valence-corrected chi connectivity index (χ2v) is 5.65. The van der Waals surface area contributed by atoms with Gasteiger partial charge >= 0.3 is 0 Å². The molecule has 1 aromatic heterocycles. The van der Waals surface area contributed by atoms with E-state index >= 15 is 0 Å². The maximum Gasteiger partial charge on any atom is 0.232 e. The van der Waals surface area contributed by atoms with Crippen LogP contribution in [0.15, 0.2) is 48.8 Å². The number of nitrogens with zero attached hydrogens (tertiary/aromatic N) is 1. The highest BCUT2D eigenvalue weighted by atomic mass is 32.2. The van der Waals surface area contributed by atoms with E-state index in [0.29, 0.717) is 5.69 Å². The topological polar surface area (TPSA) is 51.1 Å². The first kappa shape index (κ1) is 11.7. The lowest BCUT2D eigenvalue weighted by Gasteiger charge is -2.07. The van der Waals surface area contributed by atoms with Gasteiger partial charge in [0.25, 0.3) is 0 Å². The highest BCUT2D eigenvalue weighted by Gasteiger charge is 2.06. The van der Waals surface area contributed by atoms with E-state index < -0.39 is 10.0 Å². The van der Waals surface area contributed by atoms with Crippen molar-refractivity contribution in [2.75, 3.05) is 10.5 Å². The molecule has 1 heterocycles. The van der Waals surface area contributed by atoms with Gasteiger partial charge in [-0.3, -0.25) is 4.72 Å². The van der Waals surface area contributed by atoms with Crippen LogP contribution < -0.4 is 4.72 Å². The van der Waals surface area contributed by atoms with Gasteiger partial charge in [-0.1, -0.05) is 0 Å². The van der Waals surface area contributed by atoms with E-state index in [1.54, 1.807) is 19.1 Å². The number of sulfonamides is 1. The molecule has 0 saturated heterocycles. The molecule has 0 atom stereocenters. The van der Waals surface area contributed by atoms with Crippen LogP contribution in [0.3, 0.4) is 0 Å². The smallest absolute Gasteiger partial charge is 0.232 e. The molecule has 5 heteroatoms. The van der Waals surface area contributed by atoms with E-state index in [9.17, 15) is 8.42 Å². The largest absolute Gasteiger partial charge is 0.324 e. The third kappa shape index (κ3) is 2.88. The van der Waals surface area contributed by atoms with Crippen molar-refractivity contribution >= 4 is 15.7 Å². The van der Waals surface area contributed by atoms with E-state index in [4.69, 9.17) is 0 Å². The number of aromatic nitrogens is 1. The second-order valence-electron chi connectivity index (χ2n) is 3.64. The van der Waals surface area contributed by atoms with Crippen LogP contribution in [0.25, 0.3) is 5.69 Å². The predicted octanol–water partition coefficient (Wildman–Crippen LogP) is 2.24. The molecule has 0 saturated carbocycles. The van der Waals surface area contributed by atoms with Crippen LogP contribution in [0.4, 0.5) is 5.69 Å². The van der Waals surface area contributed by atoms with Crippen LogP contribution in [0.5, 0.6) is 0 Å². The minimum Gasteiger partial charge on any atom is -0.324 e. The molecule has 2 rings (SSSR count). The number of nitrogens with one attached hydrogen (secondary N) is 1. The van der Waals surface area contributed by atoms with Crippen LogP contribution in [-0.4, -0.2) is 18.7 Å². The Balaban J connectivity index is 2.19. The molecular weight excluding hydrogens is 236 g/mol. The van der Waals surface area contributed by atoms with Crippen molar-refractivity contribution in [1.29, 1.82) is 0 Å². The summed E-state index contributed by atoms with van der Waals surface area (Å²) in [6.07, 6.45) is 3.87. The lowest BCUT2D eigenvalue weighted by Crippen LogP contribution is -2.14. The van der Waals surface area contributed by atoms with Gasteiger partial charge in [0.2, 0.25) is 10.0 Å². The van der Waals surface area contributed by atoms with Gasteiger partial charge in [-0.15, -0.1) is 0 Å². The summed E-state index contributed by atoms with van der Waals surface area (Å²) in [5.41, 5.74) is 1.58. The predicted molar refractivity (Wildman–Crippen MR) is 68.9 cm³/mol. The van der Waals surface area contributed by atoms with Crippen molar-refractivity contribution in [3.63, 3.8) is 0 Å². The summed E-state index contributed by atoms with van der Waals surface area (Å²) in [5.74, 6) is 0.0757.